The number of nitrogens with zero attached hydrogens (tertiary/aromatic N) is 1. The van der Waals surface area contributed by atoms with E-state index in [4.69, 9.17) is 23.2 Å². The molecule has 1 heterocycles. The van der Waals surface area contributed by atoms with Crippen molar-refractivity contribution in [3.63, 3.8) is 0 Å². The van der Waals surface area contributed by atoms with E-state index >= 15 is 0 Å². The predicted octanol–water partition coefficient (Wildman–Crippen LogP) is 3.47. The topological polar surface area (TPSA) is 36.1 Å². The van der Waals surface area contributed by atoms with Crippen LogP contribution in [-0.4, -0.2) is 24.0 Å². The maximum absolute atomic E-state index is 11.5. The number of halogens is 2. The molecule has 0 bridgehead atoms. The lowest BCUT2D eigenvalue weighted by molar-refractivity contribution is 0.406. The van der Waals surface area contributed by atoms with Crippen molar-refractivity contribution in [2.24, 2.45) is 0 Å². The standard InChI is InChI=1S/C12H12Cl2N2OS/c1-16(2)6-10-11(15-12(17)18-10)8-4-3-7(13)5-9(8)14/h3-5H,6H2,1-2H3,(H,15,17). The minimum absolute atomic E-state index is 0.0760. The van der Waals surface area contributed by atoms with Gasteiger partial charge in [0, 0.05) is 22.0 Å². The first-order valence-corrected chi connectivity index (χ1v) is 6.87. The van der Waals surface area contributed by atoms with Crippen LogP contribution in [0.3, 0.4) is 0 Å². The summed E-state index contributed by atoms with van der Waals surface area (Å²) in [7, 11) is 3.91. The Hall–Kier alpha value is -0.810. The fourth-order valence-corrected chi connectivity index (χ4v) is 3.13. The molecule has 0 amide bonds. The summed E-state index contributed by atoms with van der Waals surface area (Å²) >= 11 is 13.2. The van der Waals surface area contributed by atoms with Gasteiger partial charge in [-0.2, -0.15) is 0 Å². The number of hydrogen-bond acceptors (Lipinski definition) is 3. The van der Waals surface area contributed by atoms with Crippen LogP contribution in [0.2, 0.25) is 10.0 Å². The molecule has 0 unspecified atom stereocenters. The van der Waals surface area contributed by atoms with E-state index in [-0.39, 0.29) is 4.87 Å². The Morgan fingerprint density at radius 3 is 2.67 bits per heavy atom. The summed E-state index contributed by atoms with van der Waals surface area (Å²) in [5.41, 5.74) is 1.58. The number of aromatic amines is 1. The predicted molar refractivity (Wildman–Crippen MR) is 77.8 cm³/mol. The van der Waals surface area contributed by atoms with Crippen molar-refractivity contribution in [1.82, 2.24) is 9.88 Å². The lowest BCUT2D eigenvalue weighted by Gasteiger charge is -2.10. The first-order chi connectivity index (χ1) is 8.47. The molecule has 2 rings (SSSR count). The third-order valence-electron chi connectivity index (χ3n) is 2.38. The molecule has 18 heavy (non-hydrogen) atoms. The summed E-state index contributed by atoms with van der Waals surface area (Å²) in [5.74, 6) is 0. The van der Waals surface area contributed by atoms with Crippen LogP contribution >= 0.6 is 34.5 Å². The van der Waals surface area contributed by atoms with Gasteiger partial charge in [-0.05, 0) is 32.3 Å². The first-order valence-electron chi connectivity index (χ1n) is 5.29. The smallest absolute Gasteiger partial charge is 0.305 e. The quantitative estimate of drug-likeness (QED) is 0.942. The molecule has 96 valence electrons. The third-order valence-corrected chi connectivity index (χ3v) is 3.80. The number of H-pyrrole nitrogens is 1. The van der Waals surface area contributed by atoms with Crippen LogP contribution in [0.5, 0.6) is 0 Å². The highest BCUT2D eigenvalue weighted by atomic mass is 35.5. The van der Waals surface area contributed by atoms with Crippen LogP contribution in [0.15, 0.2) is 23.0 Å². The largest absolute Gasteiger partial charge is 0.312 e. The van der Waals surface area contributed by atoms with Gasteiger partial charge < -0.3 is 9.88 Å². The van der Waals surface area contributed by atoms with Crippen molar-refractivity contribution in [2.45, 2.75) is 6.54 Å². The van der Waals surface area contributed by atoms with Crippen LogP contribution < -0.4 is 4.87 Å². The van der Waals surface area contributed by atoms with Crippen molar-refractivity contribution in [1.29, 1.82) is 0 Å². The summed E-state index contributed by atoms with van der Waals surface area (Å²) in [6.07, 6.45) is 0. The molecule has 1 N–H and O–H groups in total. The van der Waals surface area contributed by atoms with E-state index in [2.05, 4.69) is 4.98 Å². The van der Waals surface area contributed by atoms with Crippen LogP contribution in [0.25, 0.3) is 11.3 Å². The molecule has 1 aromatic carbocycles. The summed E-state index contributed by atoms with van der Waals surface area (Å²) in [5, 5.41) is 1.12. The number of benzene rings is 1. The van der Waals surface area contributed by atoms with Crippen LogP contribution in [-0.2, 0) is 6.54 Å². The zero-order chi connectivity index (χ0) is 13.3. The number of rotatable bonds is 3. The second-order valence-corrected chi connectivity index (χ2v) is 6.09. The SMILES string of the molecule is CN(C)Cc1sc(=O)[nH]c1-c1ccc(Cl)cc1Cl. The normalized spacial score (nSPS) is 11.2. The van der Waals surface area contributed by atoms with Crippen LogP contribution in [0.4, 0.5) is 0 Å². The van der Waals surface area contributed by atoms with Gasteiger partial charge >= 0.3 is 4.87 Å². The lowest BCUT2D eigenvalue weighted by Crippen LogP contribution is -2.10. The first kappa shape index (κ1) is 13.6. The summed E-state index contributed by atoms with van der Waals surface area (Å²) < 4.78 is 0. The minimum Gasteiger partial charge on any atom is -0.312 e. The minimum atomic E-state index is -0.0760. The molecule has 6 heteroatoms. The van der Waals surface area contributed by atoms with E-state index in [1.165, 1.54) is 11.3 Å². The molecule has 3 nitrogen and oxygen atoms in total. The Balaban J connectivity index is 2.52. The van der Waals surface area contributed by atoms with Crippen LogP contribution in [0.1, 0.15) is 4.88 Å². The van der Waals surface area contributed by atoms with E-state index in [0.717, 1.165) is 16.1 Å². The second-order valence-electron chi connectivity index (χ2n) is 4.17. The van der Waals surface area contributed by atoms with Crippen molar-refractivity contribution >= 4 is 34.5 Å². The number of hydrogen-bond donors (Lipinski definition) is 1. The maximum atomic E-state index is 11.5. The fraction of sp³-hybridized carbons (Fsp3) is 0.250. The van der Waals surface area contributed by atoms with Gasteiger partial charge in [-0.25, -0.2) is 0 Å². The van der Waals surface area contributed by atoms with Crippen molar-refractivity contribution in [3.8, 4) is 11.3 Å². The number of nitrogens with one attached hydrogen (secondary N) is 1. The van der Waals surface area contributed by atoms with Gasteiger partial charge in [0.05, 0.1) is 10.7 Å². The number of aromatic nitrogens is 1. The highest BCUT2D eigenvalue weighted by molar-refractivity contribution is 7.09. The summed E-state index contributed by atoms with van der Waals surface area (Å²) in [6.45, 7) is 0.692. The highest BCUT2D eigenvalue weighted by Gasteiger charge is 2.14. The Labute approximate surface area is 119 Å². The molecular formula is C12H12Cl2N2OS. The second kappa shape index (κ2) is 5.45. The zero-order valence-corrected chi connectivity index (χ0v) is 12.3. The van der Waals surface area contributed by atoms with Gasteiger partial charge in [0.1, 0.15) is 0 Å². The maximum Gasteiger partial charge on any atom is 0.305 e. The van der Waals surface area contributed by atoms with Gasteiger partial charge in [0.25, 0.3) is 0 Å². The van der Waals surface area contributed by atoms with Gasteiger partial charge in [-0.3, -0.25) is 4.79 Å². The Morgan fingerprint density at radius 2 is 2.06 bits per heavy atom. The molecule has 0 atom stereocenters. The molecule has 0 radical (unpaired) electrons. The van der Waals surface area contributed by atoms with E-state index in [1.54, 1.807) is 12.1 Å². The van der Waals surface area contributed by atoms with E-state index in [9.17, 15) is 4.79 Å². The number of thiazole rings is 1. The van der Waals surface area contributed by atoms with Gasteiger partial charge in [-0.1, -0.05) is 34.5 Å². The molecule has 0 fully saturated rings. The molecule has 0 aliphatic rings. The van der Waals surface area contributed by atoms with Gasteiger partial charge in [0.15, 0.2) is 0 Å². The average Bonchev–Trinajstić information content (AvgIpc) is 2.58. The van der Waals surface area contributed by atoms with E-state index in [0.29, 0.717) is 16.6 Å². The van der Waals surface area contributed by atoms with Crippen LogP contribution in [0, 0.1) is 0 Å². The molecule has 0 aliphatic carbocycles. The Bertz CT molecular complexity index is 619. The zero-order valence-electron chi connectivity index (χ0n) is 9.96. The lowest BCUT2D eigenvalue weighted by atomic mass is 10.1. The molecule has 2 aromatic rings. The third kappa shape index (κ3) is 2.95. The van der Waals surface area contributed by atoms with E-state index in [1.807, 2.05) is 25.1 Å². The molecule has 0 saturated carbocycles. The Morgan fingerprint density at radius 1 is 1.33 bits per heavy atom. The van der Waals surface area contributed by atoms with Crippen molar-refractivity contribution in [3.05, 3.63) is 42.8 Å². The molecule has 0 aliphatic heterocycles. The Kier molecular flexibility index (Phi) is 4.12. The summed E-state index contributed by atoms with van der Waals surface area (Å²) in [4.78, 5) is 17.3. The van der Waals surface area contributed by atoms with Crippen molar-refractivity contribution in [2.75, 3.05) is 14.1 Å². The monoisotopic (exact) mass is 302 g/mol. The molecule has 0 saturated heterocycles. The fourth-order valence-electron chi connectivity index (χ4n) is 1.67. The molecular weight excluding hydrogens is 291 g/mol. The summed E-state index contributed by atoms with van der Waals surface area (Å²) in [6, 6.07) is 5.26. The average molecular weight is 303 g/mol. The van der Waals surface area contributed by atoms with Crippen molar-refractivity contribution < 1.29 is 0 Å². The van der Waals surface area contributed by atoms with Gasteiger partial charge in [-0.15, -0.1) is 0 Å². The van der Waals surface area contributed by atoms with E-state index < -0.39 is 0 Å². The molecule has 0 spiro atoms. The van der Waals surface area contributed by atoms with Gasteiger partial charge in [0.2, 0.25) is 0 Å². The molecule has 1 aromatic heterocycles. The highest BCUT2D eigenvalue weighted by Crippen LogP contribution is 2.32.